The Kier molecular flexibility index (Phi) is 4.48. The third kappa shape index (κ3) is 12.8. The highest BCUT2D eigenvalue weighted by atomic mass is 36.0. The molecule has 0 saturated heterocycles. The Morgan fingerprint density at radius 2 is 1.91 bits per heavy atom. The van der Waals surface area contributed by atoms with Crippen LogP contribution in [0.2, 0.25) is 0 Å². The molecule has 0 saturated carbocycles. The predicted molar refractivity (Wildman–Crippen MR) is 43.8 cm³/mol. The molecule has 4 nitrogen and oxygen atoms in total. The zero-order valence-electron chi connectivity index (χ0n) is 5.61. The number of halogens is 2. The molecule has 0 aliphatic heterocycles. The van der Waals surface area contributed by atoms with Gasteiger partial charge in [-0.1, -0.05) is 0 Å². The lowest BCUT2D eigenvalue weighted by atomic mass is 10.8. The fraction of sp³-hybridized carbons (Fsp3) is 0.250. The Morgan fingerprint density at radius 3 is 2.00 bits per heavy atom. The average molecular weight is 217 g/mol. The number of aryl methyl sites for hydroxylation is 1. The van der Waals surface area contributed by atoms with E-state index in [1.54, 1.807) is 10.9 Å². The van der Waals surface area contributed by atoms with Gasteiger partial charge in [0, 0.05) is 40.8 Å². The summed E-state index contributed by atoms with van der Waals surface area (Å²) in [6, 6.07) is 1.89. The second-order valence-corrected chi connectivity index (χ2v) is 5.23. The third-order valence-electron chi connectivity index (χ3n) is 0.637. The van der Waals surface area contributed by atoms with E-state index in [2.05, 4.69) is 26.5 Å². The van der Waals surface area contributed by atoms with Crippen molar-refractivity contribution in [1.82, 2.24) is 9.78 Å². The van der Waals surface area contributed by atoms with Gasteiger partial charge in [0.1, 0.15) is 0 Å². The quantitative estimate of drug-likeness (QED) is 0.612. The van der Waals surface area contributed by atoms with Crippen LogP contribution < -0.4 is 0 Å². The smallest absolute Gasteiger partial charge is 0.276 e. The van der Waals surface area contributed by atoms with Crippen molar-refractivity contribution in [2.24, 2.45) is 7.05 Å². The molecule has 0 N–H and O–H groups in total. The summed E-state index contributed by atoms with van der Waals surface area (Å²) in [5.74, 6) is 0. The summed E-state index contributed by atoms with van der Waals surface area (Å²) in [5.41, 5.74) is 0. The zero-order valence-corrected chi connectivity index (χ0v) is 7.94. The molecule has 7 heteroatoms. The van der Waals surface area contributed by atoms with Crippen LogP contribution in [0.4, 0.5) is 0 Å². The maximum Gasteiger partial charge on any atom is 0.317 e. The van der Waals surface area contributed by atoms with Crippen LogP contribution in [0.3, 0.4) is 0 Å². The van der Waals surface area contributed by atoms with Gasteiger partial charge in [0.15, 0.2) is 0 Å². The number of nitrogens with zero attached hydrogens (tertiary/aromatic N) is 2. The summed E-state index contributed by atoms with van der Waals surface area (Å²) < 4.78 is 20.1. The van der Waals surface area contributed by atoms with Crippen molar-refractivity contribution in [2.45, 2.75) is 0 Å². The maximum atomic E-state index is 9.16. The molecular formula is C4H6Cl2N2O2S. The largest absolute Gasteiger partial charge is 0.317 e. The molecule has 0 bridgehead atoms. The molecule has 1 aromatic heterocycles. The second kappa shape index (κ2) is 4.58. The summed E-state index contributed by atoms with van der Waals surface area (Å²) in [6.45, 7) is 0. The molecule has 0 spiro atoms. The molecule has 0 amide bonds. The topological polar surface area (TPSA) is 52.0 Å². The number of hydrogen-bond acceptors (Lipinski definition) is 3. The van der Waals surface area contributed by atoms with Gasteiger partial charge in [0.05, 0.1) is 0 Å². The first-order chi connectivity index (χ1) is 4.89. The minimum atomic E-state index is -3.72. The van der Waals surface area contributed by atoms with Crippen molar-refractivity contribution in [3.63, 3.8) is 0 Å². The van der Waals surface area contributed by atoms with E-state index in [1.807, 2.05) is 19.3 Å². The van der Waals surface area contributed by atoms with E-state index in [0.717, 1.165) is 0 Å². The van der Waals surface area contributed by atoms with E-state index in [-0.39, 0.29) is 0 Å². The first kappa shape index (κ1) is 10.7. The van der Waals surface area contributed by atoms with Gasteiger partial charge in [0.25, 0.3) is 0 Å². The van der Waals surface area contributed by atoms with Crippen LogP contribution in [-0.4, -0.2) is 18.2 Å². The SMILES string of the molecule is Cn1cccn1.O=S(=O)(Cl)Cl. The van der Waals surface area contributed by atoms with Crippen molar-refractivity contribution in [1.29, 1.82) is 0 Å². The van der Waals surface area contributed by atoms with Crippen LogP contribution in [-0.2, 0) is 15.3 Å². The minimum absolute atomic E-state index is 1.75. The molecule has 0 aliphatic carbocycles. The highest BCUT2D eigenvalue weighted by Gasteiger charge is 1.88. The minimum Gasteiger partial charge on any atom is -0.276 e. The number of rotatable bonds is 0. The standard InChI is InChI=1S/C4H6N2.Cl2O2S/c1-6-4-2-3-5-6;1-5(2,3)4/h2-4H,1H3;. The van der Waals surface area contributed by atoms with Crippen molar-refractivity contribution >= 4 is 29.6 Å². The maximum absolute atomic E-state index is 9.16. The molecule has 1 rings (SSSR count). The molecule has 0 aromatic carbocycles. The summed E-state index contributed by atoms with van der Waals surface area (Å²) >= 11 is 0. The third-order valence-corrected chi connectivity index (χ3v) is 0.637. The van der Waals surface area contributed by atoms with Crippen molar-refractivity contribution in [3.8, 4) is 0 Å². The molecule has 64 valence electrons. The number of hydrogen-bond donors (Lipinski definition) is 0. The highest BCUT2D eigenvalue weighted by molar-refractivity contribution is 8.31. The van der Waals surface area contributed by atoms with Crippen LogP contribution >= 0.6 is 21.4 Å². The first-order valence-corrected chi connectivity index (χ1v) is 5.61. The molecule has 0 aliphatic rings. The van der Waals surface area contributed by atoms with Gasteiger partial charge < -0.3 is 0 Å². The first-order valence-electron chi connectivity index (χ1n) is 2.47. The van der Waals surface area contributed by atoms with Gasteiger partial charge in [-0.15, -0.1) is 0 Å². The molecule has 0 atom stereocenters. The summed E-state index contributed by atoms with van der Waals surface area (Å²) in [4.78, 5) is 0. The van der Waals surface area contributed by atoms with E-state index >= 15 is 0 Å². The van der Waals surface area contributed by atoms with Gasteiger partial charge in [-0.25, -0.2) is 0 Å². The highest BCUT2D eigenvalue weighted by Crippen LogP contribution is 1.98. The fourth-order valence-corrected chi connectivity index (χ4v) is 0.345. The lowest BCUT2D eigenvalue weighted by molar-refractivity contribution is 0.621. The Hall–Kier alpha value is -0.260. The second-order valence-electron chi connectivity index (χ2n) is 1.56. The van der Waals surface area contributed by atoms with Crippen LogP contribution in [0.5, 0.6) is 0 Å². The van der Waals surface area contributed by atoms with Crippen molar-refractivity contribution in [3.05, 3.63) is 18.5 Å². The Bertz CT molecular complexity index is 273. The lowest BCUT2D eigenvalue weighted by Crippen LogP contribution is -1.83. The molecule has 1 aromatic rings. The van der Waals surface area contributed by atoms with E-state index in [4.69, 9.17) is 8.42 Å². The molecule has 0 fully saturated rings. The van der Waals surface area contributed by atoms with Crippen LogP contribution in [0.15, 0.2) is 18.5 Å². The van der Waals surface area contributed by atoms with Gasteiger partial charge in [-0.05, 0) is 6.07 Å². The van der Waals surface area contributed by atoms with E-state index in [0.29, 0.717) is 0 Å². The Morgan fingerprint density at radius 1 is 1.45 bits per heavy atom. The van der Waals surface area contributed by atoms with Crippen LogP contribution in [0, 0.1) is 0 Å². The number of aromatic nitrogens is 2. The predicted octanol–water partition coefficient (Wildman–Crippen LogP) is 1.13. The molecule has 0 radical (unpaired) electrons. The van der Waals surface area contributed by atoms with Crippen LogP contribution in [0.25, 0.3) is 0 Å². The van der Waals surface area contributed by atoms with E-state index < -0.39 is 8.26 Å². The van der Waals surface area contributed by atoms with Crippen molar-refractivity contribution < 1.29 is 8.42 Å². The zero-order chi connectivity index (χ0) is 8.91. The van der Waals surface area contributed by atoms with E-state index in [1.165, 1.54) is 0 Å². The van der Waals surface area contributed by atoms with E-state index in [9.17, 15) is 0 Å². The Balaban J connectivity index is 0.000000187. The Labute approximate surface area is 73.6 Å². The lowest BCUT2D eigenvalue weighted by Gasteiger charge is -1.77. The summed E-state index contributed by atoms with van der Waals surface area (Å²) in [7, 11) is 6.70. The molecule has 11 heavy (non-hydrogen) atoms. The monoisotopic (exact) mass is 216 g/mol. The van der Waals surface area contributed by atoms with Gasteiger partial charge in [-0.2, -0.15) is 13.5 Å². The normalized spacial score (nSPS) is 10.1. The average Bonchev–Trinajstić information content (AvgIpc) is 2.12. The van der Waals surface area contributed by atoms with Crippen molar-refractivity contribution in [2.75, 3.05) is 0 Å². The molecule has 0 unspecified atom stereocenters. The van der Waals surface area contributed by atoms with Gasteiger partial charge in [0.2, 0.25) is 0 Å². The van der Waals surface area contributed by atoms with Gasteiger partial charge >= 0.3 is 8.26 Å². The molecule has 1 heterocycles. The summed E-state index contributed by atoms with van der Waals surface area (Å²) in [6.07, 6.45) is 3.64. The summed E-state index contributed by atoms with van der Waals surface area (Å²) in [5, 5.41) is 3.83. The van der Waals surface area contributed by atoms with Gasteiger partial charge in [-0.3, -0.25) is 4.68 Å². The van der Waals surface area contributed by atoms with Crippen LogP contribution in [0.1, 0.15) is 0 Å². The molecular weight excluding hydrogens is 211 g/mol. The fourth-order valence-electron chi connectivity index (χ4n) is 0.345.